The van der Waals surface area contributed by atoms with Crippen molar-refractivity contribution in [1.29, 1.82) is 0 Å². The smallest absolute Gasteiger partial charge is 0.00298 e. The van der Waals surface area contributed by atoms with E-state index in [-0.39, 0.29) is 10.8 Å². The minimum Gasteiger partial charge on any atom is -0.0649 e. The van der Waals surface area contributed by atoms with Gasteiger partial charge in [0.1, 0.15) is 0 Å². The van der Waals surface area contributed by atoms with Crippen LogP contribution in [0, 0.1) is 5.92 Å². The predicted octanol–water partition coefficient (Wildman–Crippen LogP) is 9.60. The van der Waals surface area contributed by atoms with E-state index < -0.39 is 0 Å². The van der Waals surface area contributed by atoms with Crippen LogP contribution in [0.15, 0.2) is 66.2 Å². The molecule has 33 heavy (non-hydrogen) atoms. The van der Waals surface area contributed by atoms with Crippen molar-refractivity contribution in [2.45, 2.75) is 79.1 Å². The number of allylic oxidation sites excluding steroid dienone is 1. The number of fused-ring (bicyclic) bond motifs is 1. The Kier molecular flexibility index (Phi) is 6.16. The first-order valence-electron chi connectivity index (χ1n) is 12.5. The van der Waals surface area contributed by atoms with E-state index in [4.69, 9.17) is 0 Å². The number of rotatable bonds is 4. The van der Waals surface area contributed by atoms with E-state index in [0.717, 1.165) is 6.42 Å². The molecule has 172 valence electrons. The molecule has 0 saturated carbocycles. The third-order valence-corrected chi connectivity index (χ3v) is 6.81. The molecule has 0 bridgehead atoms. The van der Waals surface area contributed by atoms with Crippen molar-refractivity contribution in [2.24, 2.45) is 5.92 Å². The topological polar surface area (TPSA) is 0 Å². The van der Waals surface area contributed by atoms with E-state index in [0.29, 0.717) is 5.92 Å². The lowest BCUT2D eigenvalue weighted by Crippen LogP contribution is -2.16. The lowest BCUT2D eigenvalue weighted by Gasteiger charge is -2.27. The van der Waals surface area contributed by atoms with Gasteiger partial charge in [-0.25, -0.2) is 0 Å². The number of hydrogen-bond donors (Lipinski definition) is 0. The SMILES string of the molecule is CC(C)CC1=Cc2c(ccc(-c3ccccc3)c2-c2cc(C(C)(C)C)cc(C(C)(C)C)c2)C1. The Morgan fingerprint density at radius 2 is 1.33 bits per heavy atom. The van der Waals surface area contributed by atoms with E-state index in [1.54, 1.807) is 5.57 Å². The van der Waals surface area contributed by atoms with Gasteiger partial charge in [-0.1, -0.05) is 128 Å². The maximum atomic E-state index is 2.50. The molecule has 0 unspecified atom stereocenters. The molecule has 0 nitrogen and oxygen atoms in total. The number of hydrogen-bond acceptors (Lipinski definition) is 0. The molecular weight excluding hydrogens is 396 g/mol. The van der Waals surface area contributed by atoms with E-state index >= 15 is 0 Å². The molecule has 0 amide bonds. The summed E-state index contributed by atoms with van der Waals surface area (Å²) in [6, 6.07) is 23.0. The summed E-state index contributed by atoms with van der Waals surface area (Å²) in [5, 5.41) is 0. The van der Waals surface area contributed by atoms with Crippen LogP contribution in [-0.2, 0) is 17.3 Å². The molecule has 4 rings (SSSR count). The maximum Gasteiger partial charge on any atom is -0.00298 e. The first-order valence-corrected chi connectivity index (χ1v) is 12.5. The van der Waals surface area contributed by atoms with Gasteiger partial charge in [0, 0.05) is 0 Å². The minimum absolute atomic E-state index is 0.0967. The largest absolute Gasteiger partial charge is 0.0649 e. The Morgan fingerprint density at radius 1 is 0.727 bits per heavy atom. The highest BCUT2D eigenvalue weighted by Crippen LogP contribution is 2.44. The van der Waals surface area contributed by atoms with Crippen molar-refractivity contribution in [3.05, 3.63) is 88.5 Å². The highest BCUT2D eigenvalue weighted by atomic mass is 14.3. The second-order valence-corrected chi connectivity index (χ2v) is 12.3. The summed E-state index contributed by atoms with van der Waals surface area (Å²) in [6.07, 6.45) is 4.75. The zero-order chi connectivity index (χ0) is 24.0. The fourth-order valence-corrected chi connectivity index (χ4v) is 4.94. The van der Waals surface area contributed by atoms with E-state index in [1.807, 2.05) is 0 Å². The van der Waals surface area contributed by atoms with E-state index in [1.165, 1.54) is 50.9 Å². The molecule has 0 aromatic heterocycles. The van der Waals surface area contributed by atoms with Crippen molar-refractivity contribution < 1.29 is 0 Å². The van der Waals surface area contributed by atoms with Crippen LogP contribution in [0.1, 0.15) is 84.1 Å². The van der Waals surface area contributed by atoms with Crippen molar-refractivity contribution in [2.75, 3.05) is 0 Å². The average Bonchev–Trinajstić information content (AvgIpc) is 3.13. The second kappa shape index (κ2) is 8.64. The average molecular weight is 437 g/mol. The van der Waals surface area contributed by atoms with Crippen molar-refractivity contribution in [1.82, 2.24) is 0 Å². The van der Waals surface area contributed by atoms with Crippen LogP contribution in [0.3, 0.4) is 0 Å². The monoisotopic (exact) mass is 436 g/mol. The molecule has 0 aliphatic heterocycles. The minimum atomic E-state index is 0.0967. The Morgan fingerprint density at radius 3 is 1.88 bits per heavy atom. The Bertz CT molecular complexity index is 1140. The second-order valence-electron chi connectivity index (χ2n) is 12.3. The molecule has 0 heteroatoms. The van der Waals surface area contributed by atoms with Gasteiger partial charge in [0.25, 0.3) is 0 Å². The summed E-state index contributed by atoms with van der Waals surface area (Å²) in [5.41, 5.74) is 12.8. The van der Waals surface area contributed by atoms with E-state index in [2.05, 4.69) is 122 Å². The van der Waals surface area contributed by atoms with Gasteiger partial charge in [0.05, 0.1) is 0 Å². The normalized spacial score (nSPS) is 13.9. The predicted molar refractivity (Wildman–Crippen MR) is 146 cm³/mol. The number of benzene rings is 3. The van der Waals surface area contributed by atoms with Gasteiger partial charge in [0.15, 0.2) is 0 Å². The van der Waals surface area contributed by atoms with Crippen LogP contribution in [-0.4, -0.2) is 0 Å². The Labute approximate surface area is 201 Å². The first-order chi connectivity index (χ1) is 15.4. The van der Waals surface area contributed by atoms with Gasteiger partial charge >= 0.3 is 0 Å². The molecule has 3 aromatic carbocycles. The molecule has 3 aromatic rings. The molecule has 0 atom stereocenters. The fraction of sp³-hybridized carbons (Fsp3) is 0.394. The van der Waals surface area contributed by atoms with Gasteiger partial charge in [-0.05, 0) is 74.1 Å². The molecule has 0 saturated heterocycles. The quantitative estimate of drug-likeness (QED) is 0.382. The zero-order valence-corrected chi connectivity index (χ0v) is 21.8. The summed E-state index contributed by atoms with van der Waals surface area (Å²) in [7, 11) is 0. The Hall–Kier alpha value is -2.60. The van der Waals surface area contributed by atoms with Crippen LogP contribution >= 0.6 is 0 Å². The molecular formula is C33H40. The summed E-state index contributed by atoms with van der Waals surface area (Å²) >= 11 is 0. The maximum absolute atomic E-state index is 2.50. The third-order valence-electron chi connectivity index (χ3n) is 6.81. The molecule has 1 aliphatic carbocycles. The van der Waals surface area contributed by atoms with Crippen LogP contribution in [0.25, 0.3) is 28.3 Å². The van der Waals surface area contributed by atoms with Crippen LogP contribution in [0.5, 0.6) is 0 Å². The van der Waals surface area contributed by atoms with Crippen LogP contribution in [0.4, 0.5) is 0 Å². The highest BCUT2D eigenvalue weighted by Gasteiger charge is 2.25. The highest BCUT2D eigenvalue weighted by molar-refractivity contribution is 5.92. The molecule has 0 fully saturated rings. The lowest BCUT2D eigenvalue weighted by atomic mass is 9.77. The summed E-state index contributed by atoms with van der Waals surface area (Å²) in [5.74, 6) is 0.680. The Balaban J connectivity index is 2.03. The fourth-order valence-electron chi connectivity index (χ4n) is 4.94. The first kappa shape index (κ1) is 23.6. The van der Waals surface area contributed by atoms with Crippen molar-refractivity contribution in [3.8, 4) is 22.3 Å². The van der Waals surface area contributed by atoms with Crippen LogP contribution in [0.2, 0.25) is 0 Å². The van der Waals surface area contributed by atoms with Crippen LogP contribution < -0.4 is 0 Å². The van der Waals surface area contributed by atoms with E-state index in [9.17, 15) is 0 Å². The summed E-state index contributed by atoms with van der Waals surface area (Å²) in [6.45, 7) is 18.6. The third kappa shape index (κ3) is 5.01. The molecule has 0 N–H and O–H groups in total. The molecule has 1 aliphatic rings. The molecule has 0 spiro atoms. The summed E-state index contributed by atoms with van der Waals surface area (Å²) in [4.78, 5) is 0. The van der Waals surface area contributed by atoms with Gasteiger partial charge in [-0.15, -0.1) is 0 Å². The van der Waals surface area contributed by atoms with Crippen molar-refractivity contribution in [3.63, 3.8) is 0 Å². The van der Waals surface area contributed by atoms with Gasteiger partial charge in [0.2, 0.25) is 0 Å². The van der Waals surface area contributed by atoms with Gasteiger partial charge < -0.3 is 0 Å². The van der Waals surface area contributed by atoms with Crippen molar-refractivity contribution >= 4 is 6.08 Å². The van der Waals surface area contributed by atoms with Gasteiger partial charge in [-0.3, -0.25) is 0 Å². The molecule has 0 heterocycles. The standard InChI is InChI=1S/C33H40/c1-22(2)16-23-17-25-14-15-29(24-12-10-9-11-13-24)31(30(25)18-23)26-19-27(32(3,4)5)21-28(20-26)33(6,7)8/h9-15,18-22H,16-17H2,1-8H3. The lowest BCUT2D eigenvalue weighted by molar-refractivity contribution is 0.569. The zero-order valence-electron chi connectivity index (χ0n) is 21.8. The summed E-state index contributed by atoms with van der Waals surface area (Å²) < 4.78 is 0. The van der Waals surface area contributed by atoms with Gasteiger partial charge in [-0.2, -0.15) is 0 Å². The molecule has 0 radical (unpaired) electrons.